The molecular weight excluding hydrogens is 255 g/mol. The van der Waals surface area contributed by atoms with Crippen LogP contribution in [0.2, 0.25) is 0 Å². The molecule has 18 heavy (non-hydrogen) atoms. The van der Waals surface area contributed by atoms with E-state index in [1.807, 2.05) is 0 Å². The summed E-state index contributed by atoms with van der Waals surface area (Å²) in [6, 6.07) is 5.03. The number of nitrogens with two attached hydrogens (primary N) is 1. The largest absolute Gasteiger partial charge is 0.322 e. The summed E-state index contributed by atoms with van der Waals surface area (Å²) in [5.41, 5.74) is 5.99. The predicted molar refractivity (Wildman–Crippen MR) is 66.9 cm³/mol. The van der Waals surface area contributed by atoms with Gasteiger partial charge in [-0.2, -0.15) is 0 Å². The minimum atomic E-state index is -0.387. The van der Waals surface area contributed by atoms with Gasteiger partial charge < -0.3 is 5.73 Å². The summed E-state index contributed by atoms with van der Waals surface area (Å²) in [6.07, 6.45) is 0. The average Bonchev–Trinajstić information content (AvgIpc) is 2.78. The number of hydrogen-bond donors (Lipinski definition) is 2. The molecule has 0 saturated carbocycles. The molecule has 1 aromatic heterocycles. The molecule has 0 aliphatic rings. The number of amides is 1. The molecule has 1 atom stereocenters. The molecule has 1 heterocycles. The second-order valence-electron chi connectivity index (χ2n) is 3.70. The Balaban J connectivity index is 2.08. The minimum absolute atomic E-state index is 0.223. The van der Waals surface area contributed by atoms with Crippen molar-refractivity contribution in [1.29, 1.82) is 0 Å². The van der Waals surface area contributed by atoms with E-state index in [1.54, 1.807) is 6.92 Å². The third-order valence-electron chi connectivity index (χ3n) is 2.16. The lowest BCUT2D eigenvalue weighted by molar-refractivity contribution is 0.102. The van der Waals surface area contributed by atoms with Crippen molar-refractivity contribution >= 4 is 22.4 Å². The standard InChI is InChI=1S/C11H11FN4OS/c1-6(13)10-15-16-11(18-10)14-9(17)7-2-4-8(12)5-3-7/h2-6H,13H2,1H3,(H,14,16,17). The van der Waals surface area contributed by atoms with Gasteiger partial charge in [0.15, 0.2) is 0 Å². The van der Waals surface area contributed by atoms with E-state index >= 15 is 0 Å². The number of nitrogens with zero attached hydrogens (tertiary/aromatic N) is 2. The smallest absolute Gasteiger partial charge is 0.257 e. The Morgan fingerprint density at radius 1 is 1.39 bits per heavy atom. The Morgan fingerprint density at radius 3 is 2.61 bits per heavy atom. The summed E-state index contributed by atoms with van der Waals surface area (Å²) >= 11 is 1.21. The minimum Gasteiger partial charge on any atom is -0.322 e. The summed E-state index contributed by atoms with van der Waals surface area (Å²) in [6.45, 7) is 1.78. The van der Waals surface area contributed by atoms with Gasteiger partial charge in [-0.1, -0.05) is 11.3 Å². The molecule has 2 aromatic rings. The van der Waals surface area contributed by atoms with Crippen LogP contribution in [0.4, 0.5) is 9.52 Å². The monoisotopic (exact) mass is 266 g/mol. The van der Waals surface area contributed by atoms with Gasteiger partial charge in [-0.05, 0) is 31.2 Å². The van der Waals surface area contributed by atoms with Crippen molar-refractivity contribution in [3.05, 3.63) is 40.7 Å². The van der Waals surface area contributed by atoms with E-state index in [9.17, 15) is 9.18 Å². The second kappa shape index (κ2) is 5.19. The van der Waals surface area contributed by atoms with Gasteiger partial charge in [-0.15, -0.1) is 10.2 Å². The van der Waals surface area contributed by atoms with E-state index in [0.717, 1.165) is 0 Å². The Kier molecular flexibility index (Phi) is 3.63. The van der Waals surface area contributed by atoms with Gasteiger partial charge in [-0.3, -0.25) is 10.1 Å². The van der Waals surface area contributed by atoms with Crippen molar-refractivity contribution in [3.8, 4) is 0 Å². The first-order valence-corrected chi connectivity index (χ1v) is 6.04. The van der Waals surface area contributed by atoms with Gasteiger partial charge in [0.05, 0.1) is 6.04 Å². The van der Waals surface area contributed by atoms with E-state index in [4.69, 9.17) is 5.73 Å². The van der Waals surface area contributed by atoms with Crippen molar-refractivity contribution in [2.24, 2.45) is 5.73 Å². The highest BCUT2D eigenvalue weighted by Crippen LogP contribution is 2.20. The van der Waals surface area contributed by atoms with Crippen molar-refractivity contribution in [2.45, 2.75) is 13.0 Å². The zero-order valence-electron chi connectivity index (χ0n) is 9.55. The molecule has 94 valence electrons. The SMILES string of the molecule is CC(N)c1nnc(NC(=O)c2ccc(F)cc2)s1. The van der Waals surface area contributed by atoms with Gasteiger partial charge in [0.25, 0.3) is 5.91 Å². The van der Waals surface area contributed by atoms with E-state index in [0.29, 0.717) is 15.7 Å². The molecule has 1 unspecified atom stereocenters. The third-order valence-corrected chi connectivity index (χ3v) is 3.20. The summed E-state index contributed by atoms with van der Waals surface area (Å²) in [5, 5.41) is 11.2. The molecule has 5 nitrogen and oxygen atoms in total. The highest BCUT2D eigenvalue weighted by Gasteiger charge is 2.11. The van der Waals surface area contributed by atoms with Crippen molar-refractivity contribution in [2.75, 3.05) is 5.32 Å². The van der Waals surface area contributed by atoms with Gasteiger partial charge in [0.2, 0.25) is 5.13 Å². The number of carbonyl (C=O) groups is 1. The maximum Gasteiger partial charge on any atom is 0.257 e. The average molecular weight is 266 g/mol. The van der Waals surface area contributed by atoms with E-state index in [-0.39, 0.29) is 17.8 Å². The molecule has 0 spiro atoms. The van der Waals surface area contributed by atoms with Gasteiger partial charge in [0.1, 0.15) is 10.8 Å². The number of hydrogen-bond acceptors (Lipinski definition) is 5. The van der Waals surface area contributed by atoms with Crippen molar-refractivity contribution in [3.63, 3.8) is 0 Å². The van der Waals surface area contributed by atoms with Crippen LogP contribution in [0.15, 0.2) is 24.3 Å². The zero-order valence-corrected chi connectivity index (χ0v) is 10.4. The van der Waals surface area contributed by atoms with Crippen LogP contribution < -0.4 is 11.1 Å². The molecule has 0 saturated heterocycles. The van der Waals surface area contributed by atoms with Gasteiger partial charge in [-0.25, -0.2) is 4.39 Å². The van der Waals surface area contributed by atoms with Crippen molar-refractivity contribution in [1.82, 2.24) is 10.2 Å². The topological polar surface area (TPSA) is 80.9 Å². The maximum atomic E-state index is 12.7. The van der Waals surface area contributed by atoms with Crippen LogP contribution in [-0.4, -0.2) is 16.1 Å². The molecule has 0 aliphatic heterocycles. The molecule has 3 N–H and O–H groups in total. The number of benzene rings is 1. The zero-order chi connectivity index (χ0) is 13.1. The number of halogens is 1. The first-order chi connectivity index (χ1) is 8.56. The molecule has 2 rings (SSSR count). The van der Waals surface area contributed by atoms with Crippen LogP contribution in [-0.2, 0) is 0 Å². The van der Waals surface area contributed by atoms with Crippen LogP contribution >= 0.6 is 11.3 Å². The molecule has 1 aromatic carbocycles. The quantitative estimate of drug-likeness (QED) is 0.889. The van der Waals surface area contributed by atoms with Crippen LogP contribution in [0.1, 0.15) is 28.3 Å². The van der Waals surface area contributed by atoms with E-state index in [2.05, 4.69) is 15.5 Å². The van der Waals surface area contributed by atoms with Crippen LogP contribution in [0.5, 0.6) is 0 Å². The molecule has 0 fully saturated rings. The lowest BCUT2D eigenvalue weighted by Crippen LogP contribution is -2.11. The van der Waals surface area contributed by atoms with Crippen LogP contribution in [0, 0.1) is 5.82 Å². The second-order valence-corrected chi connectivity index (χ2v) is 4.70. The molecular formula is C11H11FN4OS. The lowest BCUT2D eigenvalue weighted by Gasteiger charge is -2.00. The van der Waals surface area contributed by atoms with Crippen molar-refractivity contribution < 1.29 is 9.18 Å². The number of anilines is 1. The fraction of sp³-hybridized carbons (Fsp3) is 0.182. The number of nitrogens with one attached hydrogen (secondary N) is 1. The first-order valence-electron chi connectivity index (χ1n) is 5.22. The summed E-state index contributed by atoms with van der Waals surface area (Å²) in [5.74, 6) is -0.746. The van der Waals surface area contributed by atoms with E-state index in [1.165, 1.54) is 35.6 Å². The third kappa shape index (κ3) is 2.88. The normalized spacial score (nSPS) is 12.2. The summed E-state index contributed by atoms with van der Waals surface area (Å²) < 4.78 is 12.7. The summed E-state index contributed by atoms with van der Waals surface area (Å²) in [4.78, 5) is 11.8. The number of rotatable bonds is 3. The number of aromatic nitrogens is 2. The highest BCUT2D eigenvalue weighted by atomic mass is 32.1. The Labute approximate surface area is 107 Å². The summed E-state index contributed by atoms with van der Waals surface area (Å²) in [7, 11) is 0. The Bertz CT molecular complexity index is 552. The highest BCUT2D eigenvalue weighted by molar-refractivity contribution is 7.15. The van der Waals surface area contributed by atoms with Gasteiger partial charge >= 0.3 is 0 Å². The Hall–Kier alpha value is -1.86. The van der Waals surface area contributed by atoms with E-state index < -0.39 is 0 Å². The lowest BCUT2D eigenvalue weighted by atomic mass is 10.2. The fourth-order valence-corrected chi connectivity index (χ4v) is 1.93. The molecule has 0 aliphatic carbocycles. The van der Waals surface area contributed by atoms with Crippen LogP contribution in [0.25, 0.3) is 0 Å². The Morgan fingerprint density at radius 2 is 2.06 bits per heavy atom. The van der Waals surface area contributed by atoms with Crippen LogP contribution in [0.3, 0.4) is 0 Å². The molecule has 0 bridgehead atoms. The fourth-order valence-electron chi connectivity index (χ4n) is 1.24. The molecule has 1 amide bonds. The molecule has 0 radical (unpaired) electrons. The molecule has 7 heteroatoms. The maximum absolute atomic E-state index is 12.7. The first kappa shape index (κ1) is 12.6. The van der Waals surface area contributed by atoms with Gasteiger partial charge in [0, 0.05) is 5.56 Å². The predicted octanol–water partition coefficient (Wildman–Crippen LogP) is 1.95. The number of carbonyl (C=O) groups excluding carboxylic acids is 1.